The van der Waals surface area contributed by atoms with E-state index in [0.29, 0.717) is 11.3 Å². The van der Waals surface area contributed by atoms with Gasteiger partial charge in [-0.1, -0.05) is 0 Å². The summed E-state index contributed by atoms with van der Waals surface area (Å²) >= 11 is 0. The lowest BCUT2D eigenvalue weighted by Gasteiger charge is -2.20. The molecule has 0 saturated carbocycles. The smallest absolute Gasteiger partial charge is 0.257 e. The van der Waals surface area contributed by atoms with E-state index in [9.17, 15) is 4.79 Å². The summed E-state index contributed by atoms with van der Waals surface area (Å²) in [5, 5.41) is 2.89. The first-order chi connectivity index (χ1) is 11.6. The monoisotopic (exact) mass is 322 g/mol. The first kappa shape index (κ1) is 16.1. The molecule has 0 fully saturated rings. The van der Waals surface area contributed by atoms with Crippen molar-refractivity contribution in [2.24, 2.45) is 0 Å². The van der Waals surface area contributed by atoms with Crippen molar-refractivity contribution in [2.45, 2.75) is 20.8 Å². The van der Waals surface area contributed by atoms with E-state index in [2.05, 4.69) is 45.6 Å². The number of pyridine rings is 2. The zero-order valence-corrected chi connectivity index (χ0v) is 14.3. The lowest BCUT2D eigenvalue weighted by Crippen LogP contribution is -2.23. The molecule has 0 aliphatic carbocycles. The van der Waals surface area contributed by atoms with Crippen LogP contribution in [0, 0.1) is 6.92 Å². The Labute approximate surface area is 141 Å². The molecular weight excluding hydrogens is 300 g/mol. The first-order valence-corrected chi connectivity index (χ1v) is 8.22. The Morgan fingerprint density at radius 1 is 1.12 bits per heavy atom. The molecule has 0 aromatic carbocycles. The predicted molar refractivity (Wildman–Crippen MR) is 97.9 cm³/mol. The molecule has 5 heteroatoms. The minimum absolute atomic E-state index is 0.137. The SMILES string of the molecule is CCN(CC)c1ccc2ccc(C(=O)Nc3ccc(C)nc3)cn12. The molecule has 0 radical (unpaired) electrons. The van der Waals surface area contributed by atoms with Gasteiger partial charge in [-0.05, 0) is 57.2 Å². The van der Waals surface area contributed by atoms with Crippen LogP contribution in [-0.2, 0) is 0 Å². The Morgan fingerprint density at radius 3 is 2.54 bits per heavy atom. The molecule has 0 unspecified atom stereocenters. The normalized spacial score (nSPS) is 10.8. The number of aromatic nitrogens is 2. The van der Waals surface area contributed by atoms with E-state index in [-0.39, 0.29) is 5.91 Å². The van der Waals surface area contributed by atoms with Gasteiger partial charge in [0, 0.05) is 30.5 Å². The maximum absolute atomic E-state index is 12.5. The van der Waals surface area contributed by atoms with Crippen LogP contribution >= 0.6 is 0 Å². The van der Waals surface area contributed by atoms with Gasteiger partial charge in [0.05, 0.1) is 17.4 Å². The Kier molecular flexibility index (Phi) is 4.51. The van der Waals surface area contributed by atoms with Crippen molar-refractivity contribution in [1.82, 2.24) is 9.38 Å². The van der Waals surface area contributed by atoms with Crippen molar-refractivity contribution in [2.75, 3.05) is 23.3 Å². The van der Waals surface area contributed by atoms with Crippen LogP contribution in [0.2, 0.25) is 0 Å². The lowest BCUT2D eigenvalue weighted by atomic mass is 10.2. The molecular formula is C19H22N4O. The highest BCUT2D eigenvalue weighted by atomic mass is 16.1. The number of anilines is 2. The van der Waals surface area contributed by atoms with E-state index in [1.165, 1.54) is 0 Å². The highest BCUT2D eigenvalue weighted by molar-refractivity contribution is 6.04. The molecule has 3 aromatic rings. The Bertz CT molecular complexity index is 847. The van der Waals surface area contributed by atoms with Crippen molar-refractivity contribution in [3.63, 3.8) is 0 Å². The molecule has 0 aliphatic heterocycles. The number of hydrogen-bond acceptors (Lipinski definition) is 3. The van der Waals surface area contributed by atoms with Gasteiger partial charge in [-0.25, -0.2) is 0 Å². The summed E-state index contributed by atoms with van der Waals surface area (Å²) in [6.07, 6.45) is 3.56. The number of rotatable bonds is 5. The van der Waals surface area contributed by atoms with Gasteiger partial charge >= 0.3 is 0 Å². The van der Waals surface area contributed by atoms with E-state index < -0.39 is 0 Å². The van der Waals surface area contributed by atoms with E-state index in [4.69, 9.17) is 0 Å². The van der Waals surface area contributed by atoms with E-state index in [1.807, 2.05) is 37.4 Å². The Morgan fingerprint density at radius 2 is 1.88 bits per heavy atom. The van der Waals surface area contributed by atoms with Crippen LogP contribution in [0.5, 0.6) is 0 Å². The third-order valence-electron chi connectivity index (χ3n) is 4.15. The van der Waals surface area contributed by atoms with Gasteiger partial charge < -0.3 is 14.6 Å². The minimum atomic E-state index is -0.137. The van der Waals surface area contributed by atoms with Crippen molar-refractivity contribution in [3.8, 4) is 0 Å². The van der Waals surface area contributed by atoms with Crippen LogP contribution in [0.25, 0.3) is 5.52 Å². The first-order valence-electron chi connectivity index (χ1n) is 8.22. The molecule has 5 nitrogen and oxygen atoms in total. The molecule has 3 rings (SSSR count). The third-order valence-corrected chi connectivity index (χ3v) is 4.15. The molecule has 24 heavy (non-hydrogen) atoms. The third kappa shape index (κ3) is 3.11. The summed E-state index contributed by atoms with van der Waals surface area (Å²) in [6, 6.07) is 11.7. The number of carbonyl (C=O) groups is 1. The second-order valence-electron chi connectivity index (χ2n) is 5.72. The second kappa shape index (κ2) is 6.74. The van der Waals surface area contributed by atoms with E-state index >= 15 is 0 Å². The standard InChI is InChI=1S/C19H22N4O/c1-4-22(5-2)18-11-10-17-9-7-15(13-23(17)18)19(24)21-16-8-6-14(3)20-12-16/h6-13H,4-5H2,1-3H3,(H,21,24). The summed E-state index contributed by atoms with van der Waals surface area (Å²) < 4.78 is 2.06. The number of aryl methyl sites for hydroxylation is 1. The van der Waals surface area contributed by atoms with Crippen molar-refractivity contribution < 1.29 is 4.79 Å². The number of amides is 1. The summed E-state index contributed by atoms with van der Waals surface area (Å²) in [4.78, 5) is 19.0. The van der Waals surface area contributed by atoms with Crippen molar-refractivity contribution in [1.29, 1.82) is 0 Å². The van der Waals surface area contributed by atoms with Crippen LogP contribution in [0.3, 0.4) is 0 Å². The zero-order chi connectivity index (χ0) is 17.1. The zero-order valence-electron chi connectivity index (χ0n) is 14.3. The number of nitrogens with one attached hydrogen (secondary N) is 1. The Balaban J connectivity index is 1.90. The number of carbonyl (C=O) groups excluding carboxylic acids is 1. The van der Waals surface area contributed by atoms with Crippen molar-refractivity contribution >= 4 is 22.9 Å². The molecule has 0 atom stereocenters. The highest BCUT2D eigenvalue weighted by Gasteiger charge is 2.11. The minimum Gasteiger partial charge on any atom is -0.358 e. The second-order valence-corrected chi connectivity index (χ2v) is 5.72. The summed E-state index contributed by atoms with van der Waals surface area (Å²) in [5.74, 6) is 0.961. The van der Waals surface area contributed by atoms with Gasteiger partial charge in [0.1, 0.15) is 5.82 Å². The fraction of sp³-hybridized carbons (Fsp3) is 0.263. The molecule has 3 aromatic heterocycles. The van der Waals surface area contributed by atoms with E-state index in [0.717, 1.165) is 30.1 Å². The molecule has 1 N–H and O–H groups in total. The van der Waals surface area contributed by atoms with Crippen LogP contribution in [0.1, 0.15) is 29.9 Å². The quantitative estimate of drug-likeness (QED) is 0.778. The molecule has 3 heterocycles. The Hall–Kier alpha value is -2.82. The fourth-order valence-corrected chi connectivity index (χ4v) is 2.77. The summed E-state index contributed by atoms with van der Waals surface area (Å²) in [6.45, 7) is 8.02. The van der Waals surface area contributed by atoms with Gasteiger partial charge in [-0.15, -0.1) is 0 Å². The molecule has 0 spiro atoms. The number of nitrogens with zero attached hydrogens (tertiary/aromatic N) is 3. The summed E-state index contributed by atoms with van der Waals surface area (Å²) in [7, 11) is 0. The van der Waals surface area contributed by atoms with Crippen LogP contribution in [0.4, 0.5) is 11.5 Å². The largest absolute Gasteiger partial charge is 0.358 e. The topological polar surface area (TPSA) is 49.6 Å². The van der Waals surface area contributed by atoms with E-state index in [1.54, 1.807) is 6.20 Å². The van der Waals surface area contributed by atoms with Crippen LogP contribution < -0.4 is 10.2 Å². The predicted octanol–water partition coefficient (Wildman–Crippen LogP) is 3.74. The van der Waals surface area contributed by atoms with Crippen molar-refractivity contribution in [3.05, 3.63) is 60.0 Å². The van der Waals surface area contributed by atoms with Gasteiger partial charge in [0.2, 0.25) is 0 Å². The fourth-order valence-electron chi connectivity index (χ4n) is 2.77. The molecule has 0 aliphatic rings. The van der Waals surface area contributed by atoms with Gasteiger partial charge in [-0.2, -0.15) is 0 Å². The van der Waals surface area contributed by atoms with Gasteiger partial charge in [-0.3, -0.25) is 9.78 Å². The van der Waals surface area contributed by atoms with Gasteiger partial charge in [0.25, 0.3) is 5.91 Å². The average molecular weight is 322 g/mol. The molecule has 124 valence electrons. The lowest BCUT2D eigenvalue weighted by molar-refractivity contribution is 0.102. The van der Waals surface area contributed by atoms with Crippen LogP contribution in [-0.4, -0.2) is 28.4 Å². The number of fused-ring (bicyclic) bond motifs is 1. The molecule has 1 amide bonds. The maximum Gasteiger partial charge on any atom is 0.257 e. The molecule has 0 saturated heterocycles. The maximum atomic E-state index is 12.5. The number of hydrogen-bond donors (Lipinski definition) is 1. The summed E-state index contributed by atoms with van der Waals surface area (Å²) in [5.41, 5.74) is 3.31. The molecule has 0 bridgehead atoms. The average Bonchev–Trinajstić information content (AvgIpc) is 3.01. The van der Waals surface area contributed by atoms with Gasteiger partial charge in [0.15, 0.2) is 0 Å². The van der Waals surface area contributed by atoms with Crippen LogP contribution in [0.15, 0.2) is 48.8 Å². The highest BCUT2D eigenvalue weighted by Crippen LogP contribution is 2.20.